The minimum atomic E-state index is -3.81. The van der Waals surface area contributed by atoms with E-state index in [1.165, 1.54) is 17.5 Å². The van der Waals surface area contributed by atoms with E-state index in [9.17, 15) is 8.42 Å². The van der Waals surface area contributed by atoms with Crippen LogP contribution in [0.4, 0.5) is 10.8 Å². The third-order valence-corrected chi connectivity index (χ3v) is 7.24. The number of benzene rings is 1. The maximum Gasteiger partial charge on any atom is 0.263 e. The average molecular weight is 455 g/mol. The predicted molar refractivity (Wildman–Crippen MR) is 119 cm³/mol. The summed E-state index contributed by atoms with van der Waals surface area (Å²) in [5.41, 5.74) is 1.84. The second-order valence-corrected chi connectivity index (χ2v) is 9.54. The first-order valence-corrected chi connectivity index (χ1v) is 11.7. The minimum absolute atomic E-state index is 0.0799. The number of hydrogen-bond acceptors (Lipinski definition) is 8. The predicted octanol–water partition coefficient (Wildman–Crippen LogP) is 3.20. The van der Waals surface area contributed by atoms with Crippen LogP contribution < -0.4 is 9.62 Å². The largest absolute Gasteiger partial charge is 0.498 e. The van der Waals surface area contributed by atoms with Crippen LogP contribution in [0, 0.1) is 0 Å². The number of sulfonamides is 1. The van der Waals surface area contributed by atoms with Crippen LogP contribution in [-0.4, -0.2) is 41.3 Å². The summed E-state index contributed by atoms with van der Waals surface area (Å²) in [6.07, 6.45) is 8.26. The van der Waals surface area contributed by atoms with Gasteiger partial charge in [0.05, 0.1) is 40.8 Å². The molecular weight excluding hydrogens is 436 g/mol. The van der Waals surface area contributed by atoms with Crippen LogP contribution in [0.15, 0.2) is 66.3 Å². The zero-order chi connectivity index (χ0) is 21.4. The van der Waals surface area contributed by atoms with Gasteiger partial charge in [-0.3, -0.25) is 14.4 Å². The maximum absolute atomic E-state index is 12.9. The van der Waals surface area contributed by atoms with Gasteiger partial charge in [-0.1, -0.05) is 23.5 Å². The smallest absolute Gasteiger partial charge is 0.263 e. The lowest BCUT2D eigenvalue weighted by molar-refractivity contribution is 0.245. The van der Waals surface area contributed by atoms with Gasteiger partial charge in [-0.2, -0.15) is 5.10 Å². The van der Waals surface area contributed by atoms with Gasteiger partial charge in [0.1, 0.15) is 11.5 Å². The summed E-state index contributed by atoms with van der Waals surface area (Å²) in [6.45, 7) is 1.33. The first-order chi connectivity index (χ1) is 15.0. The highest BCUT2D eigenvalue weighted by atomic mass is 32.2. The number of aryl methyl sites for hydroxylation is 1. The standard InChI is InChI=1S/C20H18N6O3S2/c1-25-19-14(11-23-25)3-2-4-17(19)24-31(27,28)15-5-6-16(21-12-15)18-13-22-20(30-18)26-7-9-29-10-8-26/h2-7,9,11-13,24H,8,10H2,1H3. The Kier molecular flexibility index (Phi) is 4.83. The Morgan fingerprint density at radius 1 is 1.13 bits per heavy atom. The molecule has 31 heavy (non-hydrogen) atoms. The number of thiazole rings is 1. The summed E-state index contributed by atoms with van der Waals surface area (Å²) < 4.78 is 35.3. The van der Waals surface area contributed by atoms with Gasteiger partial charge in [-0.05, 0) is 18.2 Å². The Morgan fingerprint density at radius 3 is 2.81 bits per heavy atom. The highest BCUT2D eigenvalue weighted by Crippen LogP contribution is 2.31. The van der Waals surface area contributed by atoms with Gasteiger partial charge in [0.2, 0.25) is 0 Å². The maximum atomic E-state index is 12.9. The van der Waals surface area contributed by atoms with Crippen molar-refractivity contribution in [3.63, 3.8) is 0 Å². The Bertz CT molecular complexity index is 1380. The fourth-order valence-electron chi connectivity index (χ4n) is 3.29. The van der Waals surface area contributed by atoms with Crippen LogP contribution in [-0.2, 0) is 21.8 Å². The number of aromatic nitrogens is 4. The van der Waals surface area contributed by atoms with E-state index in [0.29, 0.717) is 23.5 Å². The number of para-hydroxylation sites is 1. The Labute approximate surface area is 182 Å². The van der Waals surface area contributed by atoms with Crippen molar-refractivity contribution in [2.75, 3.05) is 22.8 Å². The summed E-state index contributed by atoms with van der Waals surface area (Å²) in [4.78, 5) is 11.7. The molecule has 5 rings (SSSR count). The van der Waals surface area contributed by atoms with E-state index in [1.807, 2.05) is 17.2 Å². The number of nitrogens with one attached hydrogen (secondary N) is 1. The molecule has 0 bridgehead atoms. The lowest BCUT2D eigenvalue weighted by Gasteiger charge is -2.20. The third kappa shape index (κ3) is 3.73. The SMILES string of the molecule is Cn1ncc2cccc(NS(=O)(=O)c3ccc(-c4cnc(N5C=COCC5)s4)nc3)c21. The molecule has 0 fully saturated rings. The Morgan fingerprint density at radius 2 is 2.03 bits per heavy atom. The van der Waals surface area contributed by atoms with E-state index in [1.54, 1.807) is 54.7 Å². The second kappa shape index (κ2) is 7.67. The molecule has 0 spiro atoms. The van der Waals surface area contributed by atoms with E-state index >= 15 is 0 Å². The van der Waals surface area contributed by atoms with Crippen molar-refractivity contribution in [3.8, 4) is 10.6 Å². The average Bonchev–Trinajstić information content (AvgIpc) is 3.42. The molecule has 9 nitrogen and oxygen atoms in total. The van der Waals surface area contributed by atoms with Crippen molar-refractivity contribution in [3.05, 3.63) is 61.4 Å². The van der Waals surface area contributed by atoms with E-state index in [-0.39, 0.29) is 4.90 Å². The molecule has 0 atom stereocenters. The van der Waals surface area contributed by atoms with Gasteiger partial charge in [-0.15, -0.1) is 0 Å². The summed E-state index contributed by atoms with van der Waals surface area (Å²) >= 11 is 1.48. The molecule has 0 radical (unpaired) electrons. The Hall–Kier alpha value is -3.44. The summed E-state index contributed by atoms with van der Waals surface area (Å²) in [5, 5.41) is 5.88. The van der Waals surface area contributed by atoms with Crippen LogP contribution in [0.25, 0.3) is 21.5 Å². The van der Waals surface area contributed by atoms with E-state index in [2.05, 4.69) is 19.8 Å². The van der Waals surface area contributed by atoms with Gasteiger partial charge < -0.3 is 9.64 Å². The van der Waals surface area contributed by atoms with Crippen molar-refractivity contribution < 1.29 is 13.2 Å². The number of rotatable bonds is 5. The Balaban J connectivity index is 1.39. The number of ether oxygens (including phenoxy) is 1. The first-order valence-electron chi connectivity index (χ1n) is 9.42. The summed E-state index contributed by atoms with van der Waals surface area (Å²) in [7, 11) is -2.04. The van der Waals surface area contributed by atoms with Crippen molar-refractivity contribution in [1.29, 1.82) is 0 Å². The molecule has 4 aromatic rings. The molecule has 1 aliphatic rings. The zero-order valence-corrected chi connectivity index (χ0v) is 18.1. The molecule has 3 aromatic heterocycles. The van der Waals surface area contributed by atoms with Crippen LogP contribution in [0.1, 0.15) is 0 Å². The highest BCUT2D eigenvalue weighted by Gasteiger charge is 2.18. The van der Waals surface area contributed by atoms with Crippen molar-refractivity contribution in [2.24, 2.45) is 7.05 Å². The molecule has 0 saturated carbocycles. The lowest BCUT2D eigenvalue weighted by Crippen LogP contribution is -2.23. The third-order valence-electron chi connectivity index (χ3n) is 4.83. The van der Waals surface area contributed by atoms with E-state index in [0.717, 1.165) is 21.9 Å². The van der Waals surface area contributed by atoms with Gasteiger partial charge in [-0.25, -0.2) is 13.4 Å². The minimum Gasteiger partial charge on any atom is -0.498 e. The molecular formula is C20H18N6O3S2. The van der Waals surface area contributed by atoms with Gasteiger partial charge in [0.15, 0.2) is 5.13 Å². The number of fused-ring (bicyclic) bond motifs is 1. The van der Waals surface area contributed by atoms with E-state index < -0.39 is 10.0 Å². The van der Waals surface area contributed by atoms with Crippen LogP contribution >= 0.6 is 11.3 Å². The lowest BCUT2D eigenvalue weighted by atomic mass is 10.2. The molecule has 1 aliphatic heterocycles. The van der Waals surface area contributed by atoms with Crippen LogP contribution in [0.2, 0.25) is 0 Å². The number of pyridine rings is 1. The van der Waals surface area contributed by atoms with Crippen molar-refractivity contribution in [1.82, 2.24) is 19.7 Å². The molecule has 1 N–H and O–H groups in total. The van der Waals surface area contributed by atoms with Crippen molar-refractivity contribution >= 4 is 43.1 Å². The van der Waals surface area contributed by atoms with Crippen LogP contribution in [0.3, 0.4) is 0 Å². The fourth-order valence-corrected chi connectivity index (χ4v) is 5.20. The number of hydrogen-bond donors (Lipinski definition) is 1. The molecule has 158 valence electrons. The molecule has 0 unspecified atom stereocenters. The second-order valence-electron chi connectivity index (χ2n) is 6.85. The monoisotopic (exact) mass is 454 g/mol. The van der Waals surface area contributed by atoms with Crippen LogP contribution in [0.5, 0.6) is 0 Å². The quantitative estimate of drug-likeness (QED) is 0.494. The molecule has 0 amide bonds. The molecule has 0 aliphatic carbocycles. The van der Waals surface area contributed by atoms with E-state index in [4.69, 9.17) is 4.74 Å². The number of anilines is 2. The topological polar surface area (TPSA) is 102 Å². The summed E-state index contributed by atoms with van der Waals surface area (Å²) in [6, 6.07) is 8.61. The van der Waals surface area contributed by atoms with Gasteiger partial charge >= 0.3 is 0 Å². The van der Waals surface area contributed by atoms with Gasteiger partial charge in [0, 0.05) is 31.0 Å². The molecule has 0 saturated heterocycles. The molecule has 4 heterocycles. The van der Waals surface area contributed by atoms with Crippen molar-refractivity contribution in [2.45, 2.75) is 4.90 Å². The summed E-state index contributed by atoms with van der Waals surface area (Å²) in [5.74, 6) is 0. The highest BCUT2D eigenvalue weighted by molar-refractivity contribution is 7.92. The first kappa shape index (κ1) is 19.5. The molecule has 11 heteroatoms. The fraction of sp³-hybridized carbons (Fsp3) is 0.150. The zero-order valence-electron chi connectivity index (χ0n) is 16.5. The molecule has 1 aromatic carbocycles. The normalized spacial score (nSPS) is 14.0. The number of nitrogens with zero attached hydrogens (tertiary/aromatic N) is 5. The van der Waals surface area contributed by atoms with Gasteiger partial charge in [0.25, 0.3) is 10.0 Å².